The van der Waals surface area contributed by atoms with Crippen molar-refractivity contribution in [3.8, 4) is 5.75 Å². The molecule has 0 unspecified atom stereocenters. The fourth-order valence-corrected chi connectivity index (χ4v) is 5.34. The van der Waals surface area contributed by atoms with Gasteiger partial charge in [0.1, 0.15) is 33.7 Å². The van der Waals surface area contributed by atoms with Gasteiger partial charge in [-0.15, -0.1) is 0 Å². The number of hydrogen-bond donors (Lipinski definition) is 1. The first kappa shape index (κ1) is 26.1. The summed E-state index contributed by atoms with van der Waals surface area (Å²) in [4.78, 5) is 30.9. The molecule has 2 heterocycles. The fourth-order valence-electron chi connectivity index (χ4n) is 3.82. The zero-order chi connectivity index (χ0) is 26.0. The molecule has 1 N–H and O–H groups in total. The number of hydrogen-bond acceptors (Lipinski definition) is 6. The number of amides is 1. The Morgan fingerprint density at radius 2 is 2.08 bits per heavy atom. The quantitative estimate of drug-likeness (QED) is 0.202. The molecule has 0 spiro atoms. The van der Waals surface area contributed by atoms with Crippen molar-refractivity contribution in [2.75, 3.05) is 0 Å². The normalized spacial score (nSPS) is 16.6. The number of carbonyl (C=O) groups excluding carboxylic acids is 1. The number of thioether (sulfide) groups is 1. The van der Waals surface area contributed by atoms with Crippen molar-refractivity contribution < 1.29 is 23.8 Å². The van der Waals surface area contributed by atoms with Crippen LogP contribution >= 0.6 is 35.6 Å². The smallest absolute Gasteiger partial charge is 0.327 e. The van der Waals surface area contributed by atoms with Gasteiger partial charge in [-0.25, -0.2) is 14.2 Å². The van der Waals surface area contributed by atoms with Gasteiger partial charge in [0.05, 0.1) is 10.4 Å². The Labute approximate surface area is 222 Å². The number of thiocarbonyl (C=S) groups is 1. The molecule has 1 fully saturated rings. The van der Waals surface area contributed by atoms with Gasteiger partial charge < -0.3 is 9.84 Å². The molecule has 3 aromatic rings. The lowest BCUT2D eigenvalue weighted by Crippen LogP contribution is -2.47. The number of aromatic nitrogens is 1. The summed E-state index contributed by atoms with van der Waals surface area (Å²) in [6.07, 6.45) is 2.15. The van der Waals surface area contributed by atoms with Gasteiger partial charge in [0.25, 0.3) is 5.91 Å². The predicted octanol–water partition coefficient (Wildman–Crippen LogP) is 6.31. The van der Waals surface area contributed by atoms with Gasteiger partial charge in [0, 0.05) is 10.9 Å². The molecule has 1 aliphatic heterocycles. The highest BCUT2D eigenvalue weighted by molar-refractivity contribution is 8.26. The molecular formula is C26H22ClFN2O4S2. The Hall–Kier alpha value is -3.01. The lowest BCUT2D eigenvalue weighted by atomic mass is 9.98. The standard InChI is InChI=1S/C26H22ClFN2O4S2/c1-3-14(2)22(25(32)33)30-24(31)21(36-26(30)35)12-17-10-16-11-19(7-8-20(16)29-23(17)27)34-13-15-5-4-6-18(28)9-15/h4-12,14,22H,3,13H2,1-2H3,(H,32,33)/b21-12-/t14-,22-/m0/s1. The van der Waals surface area contributed by atoms with Crippen LogP contribution in [-0.2, 0) is 16.2 Å². The molecule has 186 valence electrons. The average Bonchev–Trinajstić information content (AvgIpc) is 3.11. The summed E-state index contributed by atoms with van der Waals surface area (Å²) in [5, 5.41) is 10.6. The Morgan fingerprint density at radius 1 is 1.31 bits per heavy atom. The third kappa shape index (κ3) is 5.53. The second-order valence-corrected chi connectivity index (χ2v) is 10.4. The first-order chi connectivity index (χ1) is 17.2. The van der Waals surface area contributed by atoms with E-state index >= 15 is 0 Å². The minimum absolute atomic E-state index is 0.192. The van der Waals surface area contributed by atoms with E-state index < -0.39 is 17.9 Å². The summed E-state index contributed by atoms with van der Waals surface area (Å²) in [6.45, 7) is 3.84. The van der Waals surface area contributed by atoms with E-state index in [1.165, 1.54) is 17.0 Å². The molecule has 4 rings (SSSR count). The monoisotopic (exact) mass is 544 g/mol. The number of carbonyl (C=O) groups is 2. The van der Waals surface area contributed by atoms with Gasteiger partial charge in [0.15, 0.2) is 0 Å². The summed E-state index contributed by atoms with van der Waals surface area (Å²) in [6, 6.07) is 12.2. The highest BCUT2D eigenvalue weighted by Crippen LogP contribution is 2.37. The second-order valence-electron chi connectivity index (χ2n) is 8.36. The lowest BCUT2D eigenvalue weighted by Gasteiger charge is -2.27. The van der Waals surface area contributed by atoms with Crippen LogP contribution in [0.1, 0.15) is 31.4 Å². The van der Waals surface area contributed by atoms with Crippen molar-refractivity contribution in [2.24, 2.45) is 5.92 Å². The van der Waals surface area contributed by atoms with Crippen molar-refractivity contribution >= 4 is 68.8 Å². The fraction of sp³-hybridized carbons (Fsp3) is 0.231. The van der Waals surface area contributed by atoms with Gasteiger partial charge in [-0.05, 0) is 54.0 Å². The van der Waals surface area contributed by atoms with E-state index in [-0.39, 0.29) is 32.7 Å². The van der Waals surface area contributed by atoms with Crippen LogP contribution in [0.5, 0.6) is 5.75 Å². The first-order valence-electron chi connectivity index (χ1n) is 11.1. The van der Waals surface area contributed by atoms with Gasteiger partial charge in [-0.3, -0.25) is 9.69 Å². The highest BCUT2D eigenvalue weighted by Gasteiger charge is 2.42. The number of halogens is 2. The zero-order valence-electron chi connectivity index (χ0n) is 19.4. The third-order valence-electron chi connectivity index (χ3n) is 5.89. The van der Waals surface area contributed by atoms with Crippen molar-refractivity contribution in [3.05, 3.63) is 75.5 Å². The maximum Gasteiger partial charge on any atom is 0.327 e. The van der Waals surface area contributed by atoms with Gasteiger partial charge in [-0.1, -0.05) is 68.0 Å². The molecular weight excluding hydrogens is 523 g/mol. The minimum Gasteiger partial charge on any atom is -0.489 e. The SMILES string of the molecule is CC[C@H](C)[C@@H](C(=O)O)N1C(=O)/C(=C/c2cc3cc(OCc4cccc(F)c4)ccc3nc2Cl)SC1=S. The predicted molar refractivity (Wildman–Crippen MR) is 143 cm³/mol. The first-order valence-corrected chi connectivity index (χ1v) is 12.8. The number of rotatable bonds is 8. The lowest BCUT2D eigenvalue weighted by molar-refractivity contribution is -0.147. The molecule has 0 aliphatic carbocycles. The second kappa shape index (κ2) is 10.9. The zero-order valence-corrected chi connectivity index (χ0v) is 21.8. The Bertz CT molecular complexity index is 1400. The average molecular weight is 545 g/mol. The molecule has 2 aromatic carbocycles. The van der Waals surface area contributed by atoms with Crippen LogP contribution in [0.4, 0.5) is 4.39 Å². The Balaban J connectivity index is 1.61. The molecule has 36 heavy (non-hydrogen) atoms. The van der Waals surface area contributed by atoms with Gasteiger partial charge >= 0.3 is 5.97 Å². The van der Waals surface area contributed by atoms with Crippen LogP contribution in [0.15, 0.2) is 53.4 Å². The van der Waals surface area contributed by atoms with Crippen molar-refractivity contribution in [2.45, 2.75) is 32.9 Å². The molecule has 0 bridgehead atoms. The topological polar surface area (TPSA) is 79.7 Å². The molecule has 0 radical (unpaired) electrons. The number of pyridine rings is 1. The minimum atomic E-state index is -1.10. The summed E-state index contributed by atoms with van der Waals surface area (Å²) in [5.74, 6) is -1.62. The molecule has 1 aromatic heterocycles. The highest BCUT2D eigenvalue weighted by atomic mass is 35.5. The van der Waals surface area contributed by atoms with Crippen LogP contribution < -0.4 is 4.74 Å². The molecule has 10 heteroatoms. The maximum atomic E-state index is 13.4. The molecule has 1 aliphatic rings. The third-order valence-corrected chi connectivity index (χ3v) is 7.52. The van der Waals surface area contributed by atoms with Crippen molar-refractivity contribution in [3.63, 3.8) is 0 Å². The van der Waals surface area contributed by atoms with Crippen LogP contribution in [-0.4, -0.2) is 37.2 Å². The van der Waals surface area contributed by atoms with Gasteiger partial charge in [0.2, 0.25) is 0 Å². The molecule has 0 saturated carbocycles. The summed E-state index contributed by atoms with van der Waals surface area (Å²) in [5.41, 5.74) is 1.82. The number of carboxylic acid groups (broad SMARTS) is 1. The summed E-state index contributed by atoms with van der Waals surface area (Å²) < 4.78 is 19.4. The molecule has 1 amide bonds. The number of nitrogens with zero attached hydrogens (tertiary/aromatic N) is 2. The van der Waals surface area contributed by atoms with Crippen molar-refractivity contribution in [1.82, 2.24) is 9.88 Å². The van der Waals surface area contributed by atoms with E-state index in [9.17, 15) is 19.1 Å². The van der Waals surface area contributed by atoms with Crippen LogP contribution in [0.3, 0.4) is 0 Å². The van der Waals surface area contributed by atoms with Crippen LogP contribution in [0.25, 0.3) is 17.0 Å². The van der Waals surface area contributed by atoms with E-state index in [4.69, 9.17) is 28.6 Å². The number of carboxylic acids is 1. The van der Waals surface area contributed by atoms with Gasteiger partial charge in [-0.2, -0.15) is 0 Å². The van der Waals surface area contributed by atoms with Crippen LogP contribution in [0, 0.1) is 11.7 Å². The van der Waals surface area contributed by atoms with E-state index in [2.05, 4.69) is 4.98 Å². The Kier molecular flexibility index (Phi) is 7.92. The number of benzene rings is 2. The summed E-state index contributed by atoms with van der Waals surface area (Å²) >= 11 is 12.8. The van der Waals surface area contributed by atoms with Crippen molar-refractivity contribution in [1.29, 1.82) is 0 Å². The summed E-state index contributed by atoms with van der Waals surface area (Å²) in [7, 11) is 0. The van der Waals surface area contributed by atoms with E-state index in [0.717, 1.165) is 17.1 Å². The van der Waals surface area contributed by atoms with E-state index in [0.29, 0.717) is 28.8 Å². The maximum absolute atomic E-state index is 13.4. The van der Waals surface area contributed by atoms with Crippen LogP contribution in [0.2, 0.25) is 5.15 Å². The number of fused-ring (bicyclic) bond motifs is 1. The molecule has 1 saturated heterocycles. The number of aliphatic carboxylic acids is 1. The molecule has 6 nitrogen and oxygen atoms in total. The molecule has 2 atom stereocenters. The van der Waals surface area contributed by atoms with E-state index in [1.807, 2.05) is 6.92 Å². The largest absolute Gasteiger partial charge is 0.489 e. The van der Waals surface area contributed by atoms with E-state index in [1.54, 1.807) is 49.4 Å². The number of ether oxygens (including phenoxy) is 1. The Morgan fingerprint density at radius 3 is 2.78 bits per heavy atom.